The Morgan fingerprint density at radius 2 is 1.46 bits per heavy atom. The monoisotopic (exact) mass is 688 g/mol. The van der Waals surface area contributed by atoms with Crippen molar-refractivity contribution in [3.05, 3.63) is 0 Å². The molecule has 5 fully saturated rings. The molecule has 1 spiro atoms. The van der Waals surface area contributed by atoms with Gasteiger partial charge in [-0.25, -0.2) is 0 Å². The van der Waals surface area contributed by atoms with Crippen molar-refractivity contribution in [1.29, 1.82) is 0 Å². The van der Waals surface area contributed by atoms with Crippen LogP contribution in [0.2, 0.25) is 0 Å². The lowest BCUT2D eigenvalue weighted by Gasteiger charge is -2.52. The Hall–Kier alpha value is -0.480. The van der Waals surface area contributed by atoms with Crippen LogP contribution in [0, 0.1) is 23.7 Å². The third kappa shape index (κ3) is 6.21. The van der Waals surface area contributed by atoms with Crippen molar-refractivity contribution in [1.82, 2.24) is 0 Å². The zero-order valence-corrected chi connectivity index (χ0v) is 31.2. The smallest absolute Gasteiger partial charge is 0.179 e. The predicted molar refractivity (Wildman–Crippen MR) is 175 cm³/mol. The van der Waals surface area contributed by atoms with Gasteiger partial charge in [-0.2, -0.15) is 0 Å². The summed E-state index contributed by atoms with van der Waals surface area (Å²) >= 11 is 0. The molecule has 4 unspecified atom stereocenters. The second-order valence-corrected chi connectivity index (χ2v) is 15.9. The zero-order valence-electron chi connectivity index (χ0n) is 31.2. The van der Waals surface area contributed by atoms with E-state index in [-0.39, 0.29) is 54.4 Å². The minimum Gasteiger partial charge on any atom is -0.392 e. The SMILES string of the molecule is CO[C@H]1C[C@@H](C(O)[C@@](C)(OC)[C@@H](C)OC)OC2(O[C@](C)([C@H]3CCC([C@@H]4CCC([C@@H]5O[C@](C)(O)[C@@H](C)[C@H](O)[C@H]5C)O4)O3)[C@H](OC)[C@H]2C)[C@H]1C. The Kier molecular flexibility index (Phi) is 11.4. The highest BCUT2D eigenvalue weighted by Gasteiger charge is 2.69. The molecular weight excluding hydrogens is 624 g/mol. The molecule has 48 heavy (non-hydrogen) atoms. The van der Waals surface area contributed by atoms with Gasteiger partial charge in [0.05, 0.1) is 61.0 Å². The van der Waals surface area contributed by atoms with E-state index in [1.165, 1.54) is 0 Å². The molecule has 0 bridgehead atoms. The Labute approximate surface area is 287 Å². The Morgan fingerprint density at radius 3 is 2.06 bits per heavy atom. The Balaban J connectivity index is 1.33. The van der Waals surface area contributed by atoms with Crippen LogP contribution in [0.4, 0.5) is 0 Å². The molecule has 19 atom stereocenters. The van der Waals surface area contributed by atoms with Crippen molar-refractivity contribution >= 4 is 0 Å². The number of aliphatic hydroxyl groups is 3. The first kappa shape index (κ1) is 38.7. The number of hydrogen-bond acceptors (Lipinski definition) is 12. The van der Waals surface area contributed by atoms with Crippen LogP contribution in [0.15, 0.2) is 0 Å². The molecule has 0 amide bonds. The molecule has 12 heteroatoms. The normalized spacial score (nSPS) is 52.4. The van der Waals surface area contributed by atoms with Crippen molar-refractivity contribution in [2.45, 2.75) is 177 Å². The number of ether oxygens (including phenoxy) is 9. The minimum absolute atomic E-state index is 0.147. The van der Waals surface area contributed by atoms with E-state index in [0.29, 0.717) is 6.42 Å². The van der Waals surface area contributed by atoms with Crippen LogP contribution in [0.5, 0.6) is 0 Å². The highest BCUT2D eigenvalue weighted by Crippen LogP contribution is 2.56. The summed E-state index contributed by atoms with van der Waals surface area (Å²) in [5.41, 5.74) is -1.91. The number of aliphatic hydroxyl groups excluding tert-OH is 2. The molecule has 5 aliphatic heterocycles. The van der Waals surface area contributed by atoms with E-state index in [1.807, 2.05) is 27.7 Å². The molecule has 0 aromatic heterocycles. The number of rotatable bonds is 10. The Morgan fingerprint density at radius 1 is 0.833 bits per heavy atom. The summed E-state index contributed by atoms with van der Waals surface area (Å²) in [6, 6.07) is 0. The van der Waals surface area contributed by atoms with Crippen LogP contribution in [0.3, 0.4) is 0 Å². The molecule has 0 aromatic rings. The zero-order chi connectivity index (χ0) is 35.6. The van der Waals surface area contributed by atoms with Crippen LogP contribution < -0.4 is 0 Å². The summed E-state index contributed by atoms with van der Waals surface area (Å²) in [4.78, 5) is 0. The molecule has 0 aromatic carbocycles. The average molecular weight is 689 g/mol. The van der Waals surface area contributed by atoms with Gasteiger partial charge >= 0.3 is 0 Å². The van der Waals surface area contributed by atoms with Gasteiger partial charge in [0, 0.05) is 58.5 Å². The molecular formula is C36H64O12. The molecule has 0 aliphatic carbocycles. The molecule has 0 saturated carbocycles. The highest BCUT2D eigenvalue weighted by atomic mass is 16.7. The fraction of sp³-hybridized carbons (Fsp3) is 1.00. The molecule has 0 radical (unpaired) electrons. The topological polar surface area (TPSA) is 144 Å². The molecule has 5 aliphatic rings. The summed E-state index contributed by atoms with van der Waals surface area (Å²) in [7, 11) is 6.55. The second-order valence-electron chi connectivity index (χ2n) is 15.9. The maximum absolute atomic E-state index is 11.8. The summed E-state index contributed by atoms with van der Waals surface area (Å²) in [5.74, 6) is -3.56. The maximum Gasteiger partial charge on any atom is 0.179 e. The number of hydrogen-bond donors (Lipinski definition) is 3. The Bertz CT molecular complexity index is 1090. The van der Waals surface area contributed by atoms with Crippen molar-refractivity contribution in [3.8, 4) is 0 Å². The molecule has 5 rings (SSSR count). The van der Waals surface area contributed by atoms with Crippen molar-refractivity contribution in [2.24, 2.45) is 23.7 Å². The van der Waals surface area contributed by atoms with Crippen LogP contribution in [-0.4, -0.2) is 134 Å². The van der Waals surface area contributed by atoms with Gasteiger partial charge < -0.3 is 58.0 Å². The van der Waals surface area contributed by atoms with Crippen LogP contribution in [0.1, 0.15) is 87.5 Å². The van der Waals surface area contributed by atoms with E-state index < -0.39 is 59.2 Å². The fourth-order valence-electron chi connectivity index (χ4n) is 9.67. The second kappa shape index (κ2) is 14.2. The van der Waals surface area contributed by atoms with Gasteiger partial charge in [0.25, 0.3) is 0 Å². The highest BCUT2D eigenvalue weighted by molar-refractivity contribution is 5.13. The van der Waals surface area contributed by atoms with Gasteiger partial charge in [-0.15, -0.1) is 0 Å². The minimum atomic E-state index is -1.43. The van der Waals surface area contributed by atoms with Gasteiger partial charge in [0.2, 0.25) is 0 Å². The van der Waals surface area contributed by atoms with E-state index in [2.05, 4.69) is 13.8 Å². The molecule has 3 N–H and O–H groups in total. The summed E-state index contributed by atoms with van der Waals surface area (Å²) < 4.78 is 57.3. The third-order valence-corrected chi connectivity index (χ3v) is 13.5. The van der Waals surface area contributed by atoms with Crippen LogP contribution in [0.25, 0.3) is 0 Å². The standard InChI is InChI=1S/C36H64O12/c1-18-29(37)20(3)35(8,39)47-30(18)25-14-13-23(44-25)24-15-16-28(45-24)34(7)32(42-11)21(4)36(48-34)19(2)26(41-10)17-27(46-36)31(38)33(6,43-12)22(5)40-9/h18-32,37-39H,13-17H2,1-12H3/t18-,19+,20+,21-,22-,23+,24?,25?,26+,27+,28-,29-,30-,31?,32-,33+,34-,35+,36?/m1/s1. The molecule has 280 valence electrons. The van der Waals surface area contributed by atoms with Crippen LogP contribution >= 0.6 is 0 Å². The first-order valence-electron chi connectivity index (χ1n) is 18.0. The largest absolute Gasteiger partial charge is 0.392 e. The van der Waals surface area contributed by atoms with E-state index in [4.69, 9.17) is 42.6 Å². The van der Waals surface area contributed by atoms with E-state index in [9.17, 15) is 15.3 Å². The molecule has 5 heterocycles. The van der Waals surface area contributed by atoms with Gasteiger partial charge in [0.1, 0.15) is 17.3 Å². The maximum atomic E-state index is 11.8. The summed E-state index contributed by atoms with van der Waals surface area (Å²) in [5, 5.41) is 33.5. The summed E-state index contributed by atoms with van der Waals surface area (Å²) in [6.45, 7) is 15.3. The van der Waals surface area contributed by atoms with Gasteiger partial charge in [-0.05, 0) is 53.4 Å². The van der Waals surface area contributed by atoms with E-state index in [1.54, 1.807) is 42.3 Å². The lowest BCUT2D eigenvalue weighted by Crippen LogP contribution is -2.64. The molecule has 5 saturated heterocycles. The quantitative estimate of drug-likeness (QED) is 0.310. The van der Waals surface area contributed by atoms with Crippen LogP contribution in [-0.2, 0) is 42.6 Å². The van der Waals surface area contributed by atoms with Crippen molar-refractivity contribution in [3.63, 3.8) is 0 Å². The first-order chi connectivity index (χ1) is 22.4. The summed E-state index contributed by atoms with van der Waals surface area (Å²) in [6.07, 6.45) is -1.16. The number of methoxy groups -OCH3 is 4. The first-order valence-corrected chi connectivity index (χ1v) is 18.0. The van der Waals surface area contributed by atoms with E-state index >= 15 is 0 Å². The van der Waals surface area contributed by atoms with Gasteiger partial charge in [0.15, 0.2) is 11.6 Å². The average Bonchev–Trinajstić information content (AvgIpc) is 3.80. The predicted octanol–water partition coefficient (Wildman–Crippen LogP) is 3.20. The molecule has 12 nitrogen and oxygen atoms in total. The van der Waals surface area contributed by atoms with E-state index in [0.717, 1.165) is 25.7 Å². The lowest BCUT2D eigenvalue weighted by molar-refractivity contribution is -0.365. The van der Waals surface area contributed by atoms with Gasteiger partial charge in [-0.3, -0.25) is 0 Å². The van der Waals surface area contributed by atoms with Crippen molar-refractivity contribution < 1.29 is 58.0 Å². The van der Waals surface area contributed by atoms with Crippen molar-refractivity contribution in [2.75, 3.05) is 28.4 Å². The fourth-order valence-corrected chi connectivity index (χ4v) is 9.67. The third-order valence-electron chi connectivity index (χ3n) is 13.5. The van der Waals surface area contributed by atoms with Gasteiger partial charge in [-0.1, -0.05) is 27.7 Å². The lowest BCUT2D eigenvalue weighted by atomic mass is 9.75.